The minimum Gasteiger partial charge on any atom is -0.367 e. The average molecular weight is 258 g/mol. The van der Waals surface area contributed by atoms with Gasteiger partial charge in [-0.15, -0.1) is 0 Å². The quantitative estimate of drug-likeness (QED) is 0.901. The van der Waals surface area contributed by atoms with Crippen LogP contribution in [0.3, 0.4) is 0 Å². The standard InChI is InChI=1S/C17H26N2/c18-13-17(15-8-1-2-9-15)19-12-6-5-10-14-7-3-4-11-16(14)19/h3-4,7,11,15,17H,1-2,5-6,8-10,12-13,18H2. The molecule has 0 bridgehead atoms. The van der Waals surface area contributed by atoms with Crippen molar-refractivity contribution in [3.63, 3.8) is 0 Å². The van der Waals surface area contributed by atoms with Gasteiger partial charge in [-0.2, -0.15) is 0 Å². The molecule has 2 N–H and O–H groups in total. The van der Waals surface area contributed by atoms with Crippen molar-refractivity contribution < 1.29 is 0 Å². The number of benzene rings is 1. The van der Waals surface area contributed by atoms with E-state index in [0.29, 0.717) is 6.04 Å². The first-order valence-corrected chi connectivity index (χ1v) is 7.95. The van der Waals surface area contributed by atoms with Gasteiger partial charge in [-0.1, -0.05) is 31.0 Å². The fourth-order valence-corrected chi connectivity index (χ4v) is 3.98. The van der Waals surface area contributed by atoms with Crippen LogP contribution < -0.4 is 10.6 Å². The van der Waals surface area contributed by atoms with Gasteiger partial charge in [0.2, 0.25) is 0 Å². The van der Waals surface area contributed by atoms with Crippen molar-refractivity contribution in [2.24, 2.45) is 11.7 Å². The molecule has 0 spiro atoms. The molecule has 2 heteroatoms. The smallest absolute Gasteiger partial charge is 0.0440 e. The lowest BCUT2D eigenvalue weighted by Crippen LogP contribution is -2.45. The van der Waals surface area contributed by atoms with Crippen LogP contribution in [0.4, 0.5) is 5.69 Å². The Kier molecular flexibility index (Phi) is 4.07. The first-order valence-electron chi connectivity index (χ1n) is 7.95. The van der Waals surface area contributed by atoms with E-state index in [9.17, 15) is 0 Å². The predicted molar refractivity (Wildman–Crippen MR) is 81.5 cm³/mol. The Morgan fingerprint density at radius 2 is 1.89 bits per heavy atom. The van der Waals surface area contributed by atoms with E-state index in [1.165, 1.54) is 62.7 Å². The van der Waals surface area contributed by atoms with Gasteiger partial charge in [-0.3, -0.25) is 0 Å². The molecular formula is C17H26N2. The molecule has 0 saturated heterocycles. The predicted octanol–water partition coefficient (Wildman–Crippen LogP) is 3.35. The van der Waals surface area contributed by atoms with Gasteiger partial charge in [-0.25, -0.2) is 0 Å². The first kappa shape index (κ1) is 13.0. The van der Waals surface area contributed by atoms with Gasteiger partial charge < -0.3 is 10.6 Å². The monoisotopic (exact) mass is 258 g/mol. The molecule has 1 fully saturated rings. The average Bonchev–Trinajstić information content (AvgIpc) is 2.88. The van der Waals surface area contributed by atoms with Gasteiger partial charge in [0.1, 0.15) is 0 Å². The van der Waals surface area contributed by atoms with Gasteiger partial charge in [-0.05, 0) is 49.7 Å². The molecule has 1 aliphatic heterocycles. The van der Waals surface area contributed by atoms with Crippen molar-refractivity contribution >= 4 is 5.69 Å². The molecule has 1 aliphatic carbocycles. The van der Waals surface area contributed by atoms with Crippen LogP contribution in [-0.2, 0) is 6.42 Å². The van der Waals surface area contributed by atoms with E-state index in [1.807, 2.05) is 0 Å². The molecule has 1 aromatic rings. The molecule has 1 heterocycles. The van der Waals surface area contributed by atoms with Crippen molar-refractivity contribution in [3.8, 4) is 0 Å². The van der Waals surface area contributed by atoms with E-state index in [4.69, 9.17) is 5.73 Å². The molecule has 3 rings (SSSR count). The van der Waals surface area contributed by atoms with E-state index in [0.717, 1.165) is 12.5 Å². The molecule has 0 amide bonds. The van der Waals surface area contributed by atoms with Gasteiger partial charge in [0, 0.05) is 24.8 Å². The Morgan fingerprint density at radius 1 is 1.11 bits per heavy atom. The number of aryl methyl sites for hydroxylation is 1. The summed E-state index contributed by atoms with van der Waals surface area (Å²) in [6.07, 6.45) is 9.40. The van der Waals surface area contributed by atoms with E-state index >= 15 is 0 Å². The zero-order valence-corrected chi connectivity index (χ0v) is 11.9. The minimum absolute atomic E-state index is 0.557. The summed E-state index contributed by atoms with van der Waals surface area (Å²) in [4.78, 5) is 2.64. The van der Waals surface area contributed by atoms with Crippen molar-refractivity contribution in [2.45, 2.75) is 51.0 Å². The second-order valence-corrected chi connectivity index (χ2v) is 6.13. The van der Waals surface area contributed by atoms with Crippen LogP contribution in [0.1, 0.15) is 44.1 Å². The normalized spacial score (nSPS) is 22.1. The largest absolute Gasteiger partial charge is 0.367 e. The molecule has 1 aromatic carbocycles. The highest BCUT2D eigenvalue weighted by Gasteiger charge is 2.30. The van der Waals surface area contributed by atoms with Crippen molar-refractivity contribution in [3.05, 3.63) is 29.8 Å². The van der Waals surface area contributed by atoms with Crippen molar-refractivity contribution in [1.82, 2.24) is 0 Å². The van der Waals surface area contributed by atoms with Crippen molar-refractivity contribution in [1.29, 1.82) is 0 Å². The maximum atomic E-state index is 6.15. The van der Waals surface area contributed by atoms with Gasteiger partial charge in [0.25, 0.3) is 0 Å². The van der Waals surface area contributed by atoms with Gasteiger partial charge >= 0.3 is 0 Å². The molecular weight excluding hydrogens is 232 g/mol. The fraction of sp³-hybridized carbons (Fsp3) is 0.647. The maximum Gasteiger partial charge on any atom is 0.0440 e. The summed E-state index contributed by atoms with van der Waals surface area (Å²) < 4.78 is 0. The van der Waals surface area contributed by atoms with Crippen LogP contribution in [0.25, 0.3) is 0 Å². The molecule has 0 radical (unpaired) electrons. The SMILES string of the molecule is NCC(C1CCCC1)N1CCCCc2ccccc21. The first-order chi connectivity index (χ1) is 9.40. The lowest BCUT2D eigenvalue weighted by molar-refractivity contribution is 0.407. The topological polar surface area (TPSA) is 29.3 Å². The van der Waals surface area contributed by atoms with Crippen LogP contribution in [0.15, 0.2) is 24.3 Å². The van der Waals surface area contributed by atoms with Gasteiger partial charge in [0.15, 0.2) is 0 Å². The fourth-order valence-electron chi connectivity index (χ4n) is 3.98. The summed E-state index contributed by atoms with van der Waals surface area (Å²) in [6.45, 7) is 1.99. The number of nitrogens with two attached hydrogens (primary N) is 1. The highest BCUT2D eigenvalue weighted by molar-refractivity contribution is 5.55. The number of anilines is 1. The van der Waals surface area contributed by atoms with E-state index in [1.54, 1.807) is 0 Å². The summed E-state index contributed by atoms with van der Waals surface area (Å²) in [5.74, 6) is 0.816. The Bertz CT molecular complexity index is 409. The third kappa shape index (κ3) is 2.64. The lowest BCUT2D eigenvalue weighted by atomic mass is 9.95. The number of rotatable bonds is 3. The number of hydrogen-bond donors (Lipinski definition) is 1. The lowest BCUT2D eigenvalue weighted by Gasteiger charge is -2.37. The number of nitrogens with zero attached hydrogens (tertiary/aromatic N) is 1. The van der Waals surface area contributed by atoms with Crippen LogP contribution >= 0.6 is 0 Å². The second kappa shape index (κ2) is 5.96. The highest BCUT2D eigenvalue weighted by Crippen LogP contribution is 2.35. The summed E-state index contributed by atoms with van der Waals surface area (Å²) in [5.41, 5.74) is 9.13. The minimum atomic E-state index is 0.557. The zero-order chi connectivity index (χ0) is 13.1. The highest BCUT2D eigenvalue weighted by atomic mass is 15.2. The summed E-state index contributed by atoms with van der Waals surface area (Å²) >= 11 is 0. The Morgan fingerprint density at radius 3 is 2.68 bits per heavy atom. The maximum absolute atomic E-state index is 6.15. The number of para-hydroxylation sites is 1. The Hall–Kier alpha value is -1.02. The van der Waals surface area contributed by atoms with Crippen LogP contribution in [0.2, 0.25) is 0 Å². The van der Waals surface area contributed by atoms with Gasteiger partial charge in [0.05, 0.1) is 0 Å². The van der Waals surface area contributed by atoms with E-state index in [-0.39, 0.29) is 0 Å². The molecule has 2 nitrogen and oxygen atoms in total. The summed E-state index contributed by atoms with van der Waals surface area (Å²) in [6, 6.07) is 9.52. The van der Waals surface area contributed by atoms with E-state index in [2.05, 4.69) is 29.2 Å². The van der Waals surface area contributed by atoms with E-state index < -0.39 is 0 Å². The summed E-state index contributed by atoms with van der Waals surface area (Å²) in [5, 5.41) is 0. The molecule has 1 saturated carbocycles. The second-order valence-electron chi connectivity index (χ2n) is 6.13. The zero-order valence-electron chi connectivity index (χ0n) is 11.9. The Balaban J connectivity index is 1.89. The molecule has 2 aliphatic rings. The number of fused-ring (bicyclic) bond motifs is 1. The molecule has 19 heavy (non-hydrogen) atoms. The van der Waals surface area contributed by atoms with Crippen LogP contribution in [0.5, 0.6) is 0 Å². The van der Waals surface area contributed by atoms with Crippen molar-refractivity contribution in [2.75, 3.05) is 18.0 Å². The third-order valence-corrected chi connectivity index (χ3v) is 4.98. The van der Waals surface area contributed by atoms with Crippen LogP contribution in [-0.4, -0.2) is 19.1 Å². The van der Waals surface area contributed by atoms with Crippen LogP contribution in [0, 0.1) is 5.92 Å². The third-order valence-electron chi connectivity index (χ3n) is 4.98. The Labute approximate surface area is 117 Å². The molecule has 1 atom stereocenters. The molecule has 104 valence electrons. The number of hydrogen-bond acceptors (Lipinski definition) is 2. The summed E-state index contributed by atoms with van der Waals surface area (Å²) in [7, 11) is 0. The molecule has 1 unspecified atom stereocenters. The molecule has 0 aromatic heterocycles.